The lowest BCUT2D eigenvalue weighted by molar-refractivity contribution is -0.121. The van der Waals surface area contributed by atoms with Crippen molar-refractivity contribution in [3.8, 4) is 0 Å². The Morgan fingerprint density at radius 1 is 0.833 bits per heavy atom. The summed E-state index contributed by atoms with van der Waals surface area (Å²) in [5.74, 6) is -0.132. The largest absolute Gasteiger partial charge is 0.355 e. The van der Waals surface area contributed by atoms with Gasteiger partial charge in [0.1, 0.15) is 5.25 Å². The van der Waals surface area contributed by atoms with Gasteiger partial charge >= 0.3 is 0 Å². The Balaban J connectivity index is 2.01. The molecular weight excluding hydrogens is 398 g/mol. The minimum Gasteiger partial charge on any atom is -0.355 e. The van der Waals surface area contributed by atoms with Crippen LogP contribution in [0, 0.1) is 5.92 Å². The number of rotatable bonds is 18. The summed E-state index contributed by atoms with van der Waals surface area (Å²) in [7, 11) is -4.12. The van der Waals surface area contributed by atoms with E-state index in [1.807, 2.05) is 0 Å². The molecule has 5 nitrogen and oxygen atoms in total. The first-order valence-corrected chi connectivity index (χ1v) is 14.2. The fourth-order valence-corrected chi connectivity index (χ4v) is 5.68. The average Bonchev–Trinajstić information content (AvgIpc) is 2.71. The number of hydrogen-bond donors (Lipinski definition) is 2. The zero-order chi connectivity index (χ0) is 22.1. The van der Waals surface area contributed by atoms with Gasteiger partial charge in [-0.05, 0) is 25.2 Å². The molecule has 0 radical (unpaired) electrons. The van der Waals surface area contributed by atoms with E-state index in [1.165, 1.54) is 70.6 Å². The number of nitrogens with one attached hydrogen (secondary N) is 1. The van der Waals surface area contributed by atoms with Crippen LogP contribution in [0.5, 0.6) is 0 Å². The summed E-state index contributed by atoms with van der Waals surface area (Å²) in [6, 6.07) is 0. The van der Waals surface area contributed by atoms with Crippen molar-refractivity contribution in [1.29, 1.82) is 0 Å². The molecule has 1 unspecified atom stereocenters. The topological polar surface area (TPSA) is 83.5 Å². The first kappa shape index (κ1) is 27.4. The van der Waals surface area contributed by atoms with Crippen LogP contribution in [0.3, 0.4) is 0 Å². The highest BCUT2D eigenvalue weighted by atomic mass is 32.2. The Morgan fingerprint density at radius 2 is 1.30 bits per heavy atom. The van der Waals surface area contributed by atoms with E-state index in [4.69, 9.17) is 0 Å². The molecule has 0 aromatic rings. The summed E-state index contributed by atoms with van der Waals surface area (Å²) in [4.78, 5) is 12.1. The smallest absolute Gasteiger partial charge is 0.269 e. The lowest BCUT2D eigenvalue weighted by Crippen LogP contribution is -2.41. The molecule has 6 heteroatoms. The van der Waals surface area contributed by atoms with Gasteiger partial charge in [0, 0.05) is 13.0 Å². The number of hydrogen-bond acceptors (Lipinski definition) is 3. The van der Waals surface area contributed by atoms with Crippen molar-refractivity contribution in [2.75, 3.05) is 6.54 Å². The van der Waals surface area contributed by atoms with Crippen molar-refractivity contribution >= 4 is 16.0 Å². The van der Waals surface area contributed by atoms with Crippen molar-refractivity contribution in [3.05, 3.63) is 0 Å². The van der Waals surface area contributed by atoms with Crippen LogP contribution in [0.25, 0.3) is 0 Å². The van der Waals surface area contributed by atoms with Crippen LogP contribution in [-0.2, 0) is 14.9 Å². The quantitative estimate of drug-likeness (QED) is 0.188. The van der Waals surface area contributed by atoms with E-state index in [2.05, 4.69) is 12.2 Å². The SMILES string of the molecule is CCCCCCCCCCCCCCCC(=O)NCC(C1CCCCC1)S(=O)(=O)O. The number of unbranched alkanes of at least 4 members (excludes halogenated alkanes) is 12. The molecule has 0 aromatic heterocycles. The molecule has 178 valence electrons. The molecule has 1 atom stereocenters. The summed E-state index contributed by atoms with van der Waals surface area (Å²) < 4.78 is 33.0. The molecular formula is C24H47NO4S. The van der Waals surface area contributed by atoms with E-state index in [0.29, 0.717) is 6.42 Å². The Morgan fingerprint density at radius 3 is 1.77 bits per heavy atom. The molecule has 1 aliphatic carbocycles. The number of amides is 1. The maximum absolute atomic E-state index is 12.1. The molecule has 0 aliphatic heterocycles. The van der Waals surface area contributed by atoms with Gasteiger partial charge in [-0.2, -0.15) is 8.42 Å². The molecule has 0 spiro atoms. The van der Waals surface area contributed by atoms with Gasteiger partial charge in [-0.3, -0.25) is 9.35 Å². The third-order valence-electron chi connectivity index (χ3n) is 6.57. The Labute approximate surface area is 185 Å². The molecule has 30 heavy (non-hydrogen) atoms. The van der Waals surface area contributed by atoms with Crippen LogP contribution in [0.1, 0.15) is 129 Å². The van der Waals surface area contributed by atoms with E-state index >= 15 is 0 Å². The molecule has 0 heterocycles. The zero-order valence-corrected chi connectivity index (χ0v) is 20.2. The minimum absolute atomic E-state index is 0.0367. The van der Waals surface area contributed by atoms with Gasteiger partial charge in [0.05, 0.1) is 0 Å². The molecule has 1 rings (SSSR count). The molecule has 1 fully saturated rings. The summed E-state index contributed by atoms with van der Waals surface area (Å²) in [5.41, 5.74) is 0. The number of carbonyl (C=O) groups is 1. The third kappa shape index (κ3) is 13.6. The second kappa shape index (κ2) is 17.0. The fraction of sp³-hybridized carbons (Fsp3) is 0.958. The van der Waals surface area contributed by atoms with Gasteiger partial charge < -0.3 is 5.32 Å². The minimum atomic E-state index is -4.12. The highest BCUT2D eigenvalue weighted by Crippen LogP contribution is 2.29. The van der Waals surface area contributed by atoms with Gasteiger partial charge in [-0.25, -0.2) is 0 Å². The van der Waals surface area contributed by atoms with E-state index in [0.717, 1.165) is 44.9 Å². The normalized spacial score (nSPS) is 16.5. The summed E-state index contributed by atoms with van der Waals surface area (Å²) in [5, 5.41) is 1.90. The molecule has 2 N–H and O–H groups in total. The van der Waals surface area contributed by atoms with Crippen LogP contribution in [0.15, 0.2) is 0 Å². The molecule has 1 saturated carbocycles. The van der Waals surface area contributed by atoms with Crippen LogP contribution < -0.4 is 5.32 Å². The van der Waals surface area contributed by atoms with Gasteiger partial charge in [-0.1, -0.05) is 103 Å². The Hall–Kier alpha value is -0.620. The summed E-state index contributed by atoms with van der Waals surface area (Å²) in [6.07, 6.45) is 21.7. The zero-order valence-electron chi connectivity index (χ0n) is 19.4. The van der Waals surface area contributed by atoms with Crippen molar-refractivity contribution in [2.45, 2.75) is 134 Å². The Kier molecular flexibility index (Phi) is 15.5. The van der Waals surface area contributed by atoms with E-state index in [9.17, 15) is 17.8 Å². The standard InChI is InChI=1S/C24H47NO4S/c1-2-3-4-5-6-7-8-9-10-11-12-13-17-20-24(26)25-21-23(30(27,28)29)22-18-15-14-16-19-22/h22-23H,2-21H2,1H3,(H,25,26)(H,27,28,29). The van der Waals surface area contributed by atoms with Crippen molar-refractivity contribution in [2.24, 2.45) is 5.92 Å². The van der Waals surface area contributed by atoms with Gasteiger partial charge in [0.25, 0.3) is 10.1 Å². The van der Waals surface area contributed by atoms with Crippen molar-refractivity contribution in [3.63, 3.8) is 0 Å². The lowest BCUT2D eigenvalue weighted by atomic mass is 9.86. The molecule has 0 bridgehead atoms. The number of carbonyl (C=O) groups excluding carboxylic acids is 1. The van der Waals surface area contributed by atoms with Gasteiger partial charge in [-0.15, -0.1) is 0 Å². The van der Waals surface area contributed by atoms with Crippen molar-refractivity contribution in [1.82, 2.24) is 5.32 Å². The van der Waals surface area contributed by atoms with Crippen LogP contribution in [0.4, 0.5) is 0 Å². The Bertz CT molecular complexity index is 529. The van der Waals surface area contributed by atoms with Gasteiger partial charge in [0.15, 0.2) is 0 Å². The second-order valence-corrected chi connectivity index (χ2v) is 10.9. The van der Waals surface area contributed by atoms with E-state index in [1.54, 1.807) is 0 Å². The van der Waals surface area contributed by atoms with Gasteiger partial charge in [0.2, 0.25) is 5.91 Å². The summed E-state index contributed by atoms with van der Waals surface area (Å²) >= 11 is 0. The third-order valence-corrected chi connectivity index (χ3v) is 7.88. The van der Waals surface area contributed by atoms with E-state index < -0.39 is 15.4 Å². The molecule has 1 aliphatic rings. The first-order chi connectivity index (χ1) is 14.4. The molecule has 0 saturated heterocycles. The van der Waals surface area contributed by atoms with Crippen LogP contribution in [0.2, 0.25) is 0 Å². The fourth-order valence-electron chi connectivity index (χ4n) is 4.63. The monoisotopic (exact) mass is 445 g/mol. The average molecular weight is 446 g/mol. The predicted molar refractivity (Wildman–Crippen MR) is 125 cm³/mol. The first-order valence-electron chi connectivity index (χ1n) is 12.7. The highest BCUT2D eigenvalue weighted by Gasteiger charge is 2.33. The predicted octanol–water partition coefficient (Wildman–Crippen LogP) is 6.42. The maximum atomic E-state index is 12.1. The van der Waals surface area contributed by atoms with Crippen molar-refractivity contribution < 1.29 is 17.8 Å². The van der Waals surface area contributed by atoms with Crippen LogP contribution >= 0.6 is 0 Å². The second-order valence-electron chi connectivity index (χ2n) is 9.25. The van der Waals surface area contributed by atoms with Crippen LogP contribution in [-0.4, -0.2) is 30.7 Å². The highest BCUT2D eigenvalue weighted by molar-refractivity contribution is 7.86. The molecule has 1 amide bonds. The van der Waals surface area contributed by atoms with E-state index in [-0.39, 0.29) is 18.4 Å². The maximum Gasteiger partial charge on any atom is 0.269 e. The lowest BCUT2D eigenvalue weighted by Gasteiger charge is -2.28. The molecule has 0 aromatic carbocycles. The summed E-state index contributed by atoms with van der Waals surface area (Å²) in [6.45, 7) is 2.30.